The summed E-state index contributed by atoms with van der Waals surface area (Å²) in [6, 6.07) is 13.5. The fraction of sp³-hybridized carbons (Fsp3) is 0.353. The summed E-state index contributed by atoms with van der Waals surface area (Å²) in [6.45, 7) is 3.29. The highest BCUT2D eigenvalue weighted by atomic mass is 15.2. The first kappa shape index (κ1) is 15.4. The molecule has 5 heteroatoms. The standard InChI is InChI=1S/C17H17N5/c1-13-4-2-3-9-22(13)16-7-5-15(6-8-16)21-17(12-20)14(10-18)11-19/h5-8,13,21H,2-4,9H2,1H3. The quantitative estimate of drug-likeness (QED) is 0.863. The van der Waals surface area contributed by atoms with Gasteiger partial charge in [0.15, 0.2) is 5.57 Å². The SMILES string of the molecule is CC1CCCCN1c1ccc(NC(C#N)=C(C#N)C#N)cc1. The highest BCUT2D eigenvalue weighted by molar-refractivity contribution is 5.61. The van der Waals surface area contributed by atoms with Crippen molar-refractivity contribution in [2.75, 3.05) is 16.8 Å². The zero-order valence-corrected chi connectivity index (χ0v) is 12.5. The molecule has 0 spiro atoms. The lowest BCUT2D eigenvalue weighted by Gasteiger charge is -2.35. The molecule has 22 heavy (non-hydrogen) atoms. The van der Waals surface area contributed by atoms with Crippen LogP contribution >= 0.6 is 0 Å². The van der Waals surface area contributed by atoms with Crippen LogP contribution in [0.5, 0.6) is 0 Å². The van der Waals surface area contributed by atoms with Crippen molar-refractivity contribution >= 4 is 11.4 Å². The molecule has 1 aromatic rings. The van der Waals surface area contributed by atoms with E-state index in [9.17, 15) is 0 Å². The molecular weight excluding hydrogens is 274 g/mol. The predicted octanol–water partition coefficient (Wildman–Crippen LogP) is 3.30. The van der Waals surface area contributed by atoms with Gasteiger partial charge in [-0.15, -0.1) is 0 Å². The third kappa shape index (κ3) is 3.37. The summed E-state index contributed by atoms with van der Waals surface area (Å²) in [4.78, 5) is 2.38. The second-order valence-corrected chi connectivity index (χ2v) is 5.30. The number of allylic oxidation sites excluding steroid dienone is 2. The number of hydrogen-bond acceptors (Lipinski definition) is 5. The molecular formula is C17H17N5. The van der Waals surface area contributed by atoms with Crippen LogP contribution in [0.3, 0.4) is 0 Å². The first-order valence-corrected chi connectivity index (χ1v) is 7.28. The summed E-state index contributed by atoms with van der Waals surface area (Å²) in [5.74, 6) is 0. The number of piperidine rings is 1. The Bertz CT molecular complexity index is 666. The number of anilines is 2. The smallest absolute Gasteiger partial charge is 0.163 e. The highest BCUT2D eigenvalue weighted by Crippen LogP contribution is 2.26. The van der Waals surface area contributed by atoms with Crippen molar-refractivity contribution in [2.45, 2.75) is 32.2 Å². The van der Waals surface area contributed by atoms with Crippen LogP contribution in [0.15, 0.2) is 35.5 Å². The molecule has 0 aliphatic carbocycles. The third-order valence-corrected chi connectivity index (χ3v) is 3.86. The molecule has 1 unspecified atom stereocenters. The molecule has 1 aliphatic heterocycles. The minimum Gasteiger partial charge on any atom is -0.369 e. The largest absolute Gasteiger partial charge is 0.369 e. The van der Waals surface area contributed by atoms with Gasteiger partial charge in [-0.2, -0.15) is 15.8 Å². The van der Waals surface area contributed by atoms with Crippen LogP contribution in [0.4, 0.5) is 11.4 Å². The summed E-state index contributed by atoms with van der Waals surface area (Å²) < 4.78 is 0. The monoisotopic (exact) mass is 291 g/mol. The maximum atomic E-state index is 9.03. The van der Waals surface area contributed by atoms with Crippen LogP contribution in [0.2, 0.25) is 0 Å². The van der Waals surface area contributed by atoms with Gasteiger partial charge in [0.05, 0.1) is 0 Å². The average molecular weight is 291 g/mol. The number of nitrogens with zero attached hydrogens (tertiary/aromatic N) is 4. The number of nitriles is 3. The van der Waals surface area contributed by atoms with E-state index in [-0.39, 0.29) is 11.3 Å². The Balaban J connectivity index is 2.16. The molecule has 0 saturated carbocycles. The van der Waals surface area contributed by atoms with Crippen LogP contribution in [-0.2, 0) is 0 Å². The van der Waals surface area contributed by atoms with Gasteiger partial charge in [0.1, 0.15) is 23.9 Å². The van der Waals surface area contributed by atoms with E-state index in [2.05, 4.69) is 17.1 Å². The first-order valence-electron chi connectivity index (χ1n) is 7.28. The Morgan fingerprint density at radius 2 is 1.77 bits per heavy atom. The number of benzene rings is 1. The Hall–Kier alpha value is -2.97. The normalized spacial score (nSPS) is 16.8. The molecule has 1 saturated heterocycles. The Kier molecular flexibility index (Phi) is 5.02. The molecule has 0 radical (unpaired) electrons. The van der Waals surface area contributed by atoms with Gasteiger partial charge in [-0.25, -0.2) is 0 Å². The van der Waals surface area contributed by atoms with Gasteiger partial charge < -0.3 is 10.2 Å². The van der Waals surface area contributed by atoms with Crippen LogP contribution in [0, 0.1) is 34.0 Å². The van der Waals surface area contributed by atoms with E-state index in [1.54, 1.807) is 12.1 Å². The minimum absolute atomic E-state index is 0.0240. The van der Waals surface area contributed by atoms with Crippen molar-refractivity contribution in [1.29, 1.82) is 15.8 Å². The molecule has 2 rings (SSSR count). The van der Waals surface area contributed by atoms with E-state index in [4.69, 9.17) is 15.8 Å². The highest BCUT2D eigenvalue weighted by Gasteiger charge is 2.18. The second kappa shape index (κ2) is 7.16. The third-order valence-electron chi connectivity index (χ3n) is 3.86. The number of rotatable bonds is 3. The van der Waals surface area contributed by atoms with Gasteiger partial charge in [0.25, 0.3) is 0 Å². The lowest BCUT2D eigenvalue weighted by molar-refractivity contribution is 0.485. The lowest BCUT2D eigenvalue weighted by Crippen LogP contribution is -2.37. The summed E-state index contributed by atoms with van der Waals surface area (Å²) >= 11 is 0. The molecule has 5 nitrogen and oxygen atoms in total. The van der Waals surface area contributed by atoms with Gasteiger partial charge in [0, 0.05) is 24.0 Å². The van der Waals surface area contributed by atoms with Crippen molar-refractivity contribution in [1.82, 2.24) is 0 Å². The molecule has 0 amide bonds. The van der Waals surface area contributed by atoms with E-state index < -0.39 is 0 Å². The van der Waals surface area contributed by atoms with Crippen LogP contribution < -0.4 is 10.2 Å². The van der Waals surface area contributed by atoms with Crippen LogP contribution in [0.1, 0.15) is 26.2 Å². The minimum atomic E-state index is -0.212. The van der Waals surface area contributed by atoms with Crippen molar-refractivity contribution in [2.24, 2.45) is 0 Å². The Labute approximate surface area is 130 Å². The topological polar surface area (TPSA) is 86.6 Å². The lowest BCUT2D eigenvalue weighted by atomic mass is 10.0. The molecule has 1 fully saturated rings. The van der Waals surface area contributed by atoms with Crippen molar-refractivity contribution < 1.29 is 0 Å². The van der Waals surface area contributed by atoms with Gasteiger partial charge >= 0.3 is 0 Å². The molecule has 1 aliphatic rings. The average Bonchev–Trinajstić information content (AvgIpc) is 2.56. The molecule has 1 N–H and O–H groups in total. The maximum Gasteiger partial charge on any atom is 0.163 e. The Morgan fingerprint density at radius 3 is 2.32 bits per heavy atom. The number of nitrogens with one attached hydrogen (secondary N) is 1. The first-order chi connectivity index (χ1) is 10.7. The van der Waals surface area contributed by atoms with E-state index in [0.29, 0.717) is 11.7 Å². The molecule has 110 valence electrons. The van der Waals surface area contributed by atoms with Gasteiger partial charge in [0.2, 0.25) is 0 Å². The molecule has 1 heterocycles. The van der Waals surface area contributed by atoms with Crippen LogP contribution in [0.25, 0.3) is 0 Å². The predicted molar refractivity (Wildman–Crippen MR) is 84.6 cm³/mol. The number of hydrogen-bond donors (Lipinski definition) is 1. The molecule has 0 aromatic heterocycles. The van der Waals surface area contributed by atoms with Gasteiger partial charge in [-0.3, -0.25) is 0 Å². The van der Waals surface area contributed by atoms with Crippen molar-refractivity contribution in [3.8, 4) is 18.2 Å². The molecule has 1 aromatic carbocycles. The summed E-state index contributed by atoms with van der Waals surface area (Å²) in [5.41, 5.74) is 1.61. The van der Waals surface area contributed by atoms with Crippen LogP contribution in [-0.4, -0.2) is 12.6 Å². The van der Waals surface area contributed by atoms with Gasteiger partial charge in [-0.05, 0) is 50.5 Å². The van der Waals surface area contributed by atoms with Crippen molar-refractivity contribution in [3.05, 3.63) is 35.5 Å². The van der Waals surface area contributed by atoms with E-state index >= 15 is 0 Å². The summed E-state index contributed by atoms with van der Waals surface area (Å²) in [5, 5.41) is 29.5. The van der Waals surface area contributed by atoms with Crippen molar-refractivity contribution in [3.63, 3.8) is 0 Å². The molecule has 0 bridgehead atoms. The van der Waals surface area contributed by atoms with Gasteiger partial charge in [-0.1, -0.05) is 0 Å². The summed E-state index contributed by atoms with van der Waals surface area (Å²) in [6.07, 6.45) is 3.69. The van der Waals surface area contributed by atoms with E-state index in [1.165, 1.54) is 19.3 Å². The summed E-state index contributed by atoms with van der Waals surface area (Å²) in [7, 11) is 0. The van der Waals surface area contributed by atoms with E-state index in [1.807, 2.05) is 30.3 Å². The fourth-order valence-corrected chi connectivity index (χ4v) is 2.65. The molecule has 1 atom stereocenters. The Morgan fingerprint density at radius 1 is 1.09 bits per heavy atom. The second-order valence-electron chi connectivity index (χ2n) is 5.30. The zero-order valence-electron chi connectivity index (χ0n) is 12.5. The van der Waals surface area contributed by atoms with E-state index in [0.717, 1.165) is 12.2 Å². The maximum absolute atomic E-state index is 9.03. The zero-order chi connectivity index (χ0) is 15.9. The fourth-order valence-electron chi connectivity index (χ4n) is 2.65.